The summed E-state index contributed by atoms with van der Waals surface area (Å²) in [6, 6.07) is 9.35. The Bertz CT molecular complexity index is 264. The van der Waals surface area contributed by atoms with Crippen molar-refractivity contribution in [1.29, 1.82) is 0 Å². The standard InChI is InChI=1S/C10H9O2/c11-7-6-10(12)8-9-4-2-1-3-5-9/h1-5H,6,8H2. The predicted octanol–water partition coefficient (Wildman–Crippen LogP) is 1.30. The fourth-order valence-corrected chi connectivity index (χ4v) is 0.967. The van der Waals surface area contributed by atoms with Crippen molar-refractivity contribution in [2.75, 3.05) is 0 Å². The zero-order valence-electron chi connectivity index (χ0n) is 6.62. The molecule has 0 heterocycles. The molecule has 0 amide bonds. The first-order valence-electron chi connectivity index (χ1n) is 3.73. The van der Waals surface area contributed by atoms with Crippen molar-refractivity contribution >= 4 is 12.1 Å². The number of hydrogen-bond acceptors (Lipinski definition) is 2. The molecule has 0 aliphatic rings. The summed E-state index contributed by atoms with van der Waals surface area (Å²) in [7, 11) is 0. The van der Waals surface area contributed by atoms with Gasteiger partial charge in [-0.05, 0) is 5.56 Å². The zero-order valence-corrected chi connectivity index (χ0v) is 6.62. The van der Waals surface area contributed by atoms with Gasteiger partial charge in [0.1, 0.15) is 5.78 Å². The van der Waals surface area contributed by atoms with Crippen LogP contribution in [0.25, 0.3) is 0 Å². The van der Waals surface area contributed by atoms with E-state index < -0.39 is 0 Å². The molecule has 0 aliphatic carbocycles. The average Bonchev–Trinajstić information content (AvgIpc) is 2.06. The highest BCUT2D eigenvalue weighted by atomic mass is 16.1. The van der Waals surface area contributed by atoms with Gasteiger partial charge in [0.05, 0.1) is 6.42 Å². The molecule has 0 bridgehead atoms. The second kappa shape index (κ2) is 4.44. The molecule has 0 aromatic heterocycles. The number of benzene rings is 1. The van der Waals surface area contributed by atoms with Crippen LogP contribution in [0.4, 0.5) is 0 Å². The van der Waals surface area contributed by atoms with Gasteiger partial charge in [-0.25, -0.2) is 0 Å². The summed E-state index contributed by atoms with van der Waals surface area (Å²) < 4.78 is 0. The molecule has 0 spiro atoms. The number of carbonyl (C=O) groups excluding carboxylic acids is 2. The second-order valence-corrected chi connectivity index (χ2v) is 2.52. The molecule has 61 valence electrons. The molecule has 0 N–H and O–H groups in total. The molecule has 1 radical (unpaired) electrons. The van der Waals surface area contributed by atoms with Gasteiger partial charge in [0.15, 0.2) is 0 Å². The number of carbonyl (C=O) groups is 1. The Kier molecular flexibility index (Phi) is 3.20. The molecule has 0 atom stereocenters. The minimum atomic E-state index is -0.102. The Morgan fingerprint density at radius 3 is 2.50 bits per heavy atom. The Labute approximate surface area is 71.2 Å². The largest absolute Gasteiger partial charge is 0.299 e. The van der Waals surface area contributed by atoms with Crippen LogP contribution in [0.15, 0.2) is 30.3 Å². The molecule has 0 unspecified atom stereocenters. The Morgan fingerprint density at radius 2 is 1.92 bits per heavy atom. The number of Topliss-reactive ketones (excluding diaryl/α,β-unsaturated/α-hetero) is 1. The first kappa shape index (κ1) is 8.65. The third-order valence-electron chi connectivity index (χ3n) is 1.51. The SMILES string of the molecule is O=[C]CC(=O)Cc1ccccc1. The summed E-state index contributed by atoms with van der Waals surface area (Å²) in [6.45, 7) is 0. The summed E-state index contributed by atoms with van der Waals surface area (Å²) in [5.41, 5.74) is 0.942. The Hall–Kier alpha value is -1.44. The van der Waals surface area contributed by atoms with Crippen LogP contribution in [0.5, 0.6) is 0 Å². The number of hydrogen-bond donors (Lipinski definition) is 0. The van der Waals surface area contributed by atoms with Crippen LogP contribution >= 0.6 is 0 Å². The van der Waals surface area contributed by atoms with E-state index in [2.05, 4.69) is 0 Å². The zero-order chi connectivity index (χ0) is 8.81. The van der Waals surface area contributed by atoms with Gasteiger partial charge in [-0.15, -0.1) is 0 Å². The fraction of sp³-hybridized carbons (Fsp3) is 0.200. The van der Waals surface area contributed by atoms with E-state index in [0.717, 1.165) is 5.56 Å². The lowest BCUT2D eigenvalue weighted by molar-refractivity contribution is -0.117. The van der Waals surface area contributed by atoms with E-state index in [1.54, 1.807) is 6.29 Å². The van der Waals surface area contributed by atoms with Crippen molar-refractivity contribution in [2.24, 2.45) is 0 Å². The minimum Gasteiger partial charge on any atom is -0.299 e. The van der Waals surface area contributed by atoms with Crippen molar-refractivity contribution in [3.05, 3.63) is 35.9 Å². The summed E-state index contributed by atoms with van der Waals surface area (Å²) in [5, 5.41) is 0. The maximum Gasteiger partial charge on any atom is 0.206 e. The smallest absolute Gasteiger partial charge is 0.206 e. The van der Waals surface area contributed by atoms with Gasteiger partial charge in [0, 0.05) is 6.42 Å². The van der Waals surface area contributed by atoms with Crippen molar-refractivity contribution in [3.63, 3.8) is 0 Å². The van der Waals surface area contributed by atoms with E-state index in [1.165, 1.54) is 0 Å². The number of ketones is 1. The lowest BCUT2D eigenvalue weighted by Gasteiger charge is -1.95. The van der Waals surface area contributed by atoms with Crippen molar-refractivity contribution in [1.82, 2.24) is 0 Å². The highest BCUT2D eigenvalue weighted by molar-refractivity contribution is 5.91. The molecule has 2 nitrogen and oxygen atoms in total. The molecule has 0 fully saturated rings. The van der Waals surface area contributed by atoms with E-state index in [0.29, 0.717) is 6.42 Å². The maximum atomic E-state index is 10.9. The molecular formula is C10H9O2. The highest BCUT2D eigenvalue weighted by Crippen LogP contribution is 2.00. The molecular weight excluding hydrogens is 152 g/mol. The topological polar surface area (TPSA) is 34.1 Å². The van der Waals surface area contributed by atoms with Crippen molar-refractivity contribution < 1.29 is 9.59 Å². The van der Waals surface area contributed by atoms with E-state index in [1.807, 2.05) is 30.3 Å². The molecule has 1 aromatic rings. The van der Waals surface area contributed by atoms with Crippen LogP contribution in [0, 0.1) is 0 Å². The van der Waals surface area contributed by atoms with Crippen molar-refractivity contribution in [2.45, 2.75) is 12.8 Å². The first-order chi connectivity index (χ1) is 5.83. The lowest BCUT2D eigenvalue weighted by Crippen LogP contribution is -2.02. The second-order valence-electron chi connectivity index (χ2n) is 2.52. The maximum absolute atomic E-state index is 10.9. The summed E-state index contributed by atoms with van der Waals surface area (Å²) in [4.78, 5) is 20.8. The van der Waals surface area contributed by atoms with Crippen molar-refractivity contribution in [3.8, 4) is 0 Å². The average molecular weight is 161 g/mol. The van der Waals surface area contributed by atoms with Crippen LogP contribution < -0.4 is 0 Å². The van der Waals surface area contributed by atoms with Crippen LogP contribution in [0.2, 0.25) is 0 Å². The van der Waals surface area contributed by atoms with Gasteiger partial charge in [-0.1, -0.05) is 30.3 Å². The Balaban J connectivity index is 2.52. The fourth-order valence-electron chi connectivity index (χ4n) is 0.967. The summed E-state index contributed by atoms with van der Waals surface area (Å²) >= 11 is 0. The van der Waals surface area contributed by atoms with Crippen LogP contribution in [-0.4, -0.2) is 12.1 Å². The van der Waals surface area contributed by atoms with E-state index in [4.69, 9.17) is 0 Å². The lowest BCUT2D eigenvalue weighted by atomic mass is 10.1. The van der Waals surface area contributed by atoms with Crippen LogP contribution in [0.1, 0.15) is 12.0 Å². The van der Waals surface area contributed by atoms with E-state index in [-0.39, 0.29) is 12.2 Å². The van der Waals surface area contributed by atoms with Gasteiger partial charge in [-0.2, -0.15) is 0 Å². The van der Waals surface area contributed by atoms with Gasteiger partial charge in [-0.3, -0.25) is 9.59 Å². The van der Waals surface area contributed by atoms with Gasteiger partial charge in [0.2, 0.25) is 6.29 Å². The molecule has 1 aromatic carbocycles. The Morgan fingerprint density at radius 1 is 1.25 bits per heavy atom. The summed E-state index contributed by atoms with van der Waals surface area (Å²) in [5.74, 6) is -0.0869. The van der Waals surface area contributed by atoms with Gasteiger partial charge >= 0.3 is 0 Å². The molecule has 1 rings (SSSR count). The molecule has 0 aliphatic heterocycles. The van der Waals surface area contributed by atoms with Crippen LogP contribution in [-0.2, 0) is 16.0 Å². The molecule has 0 saturated carbocycles. The third-order valence-corrected chi connectivity index (χ3v) is 1.51. The van der Waals surface area contributed by atoms with Crippen LogP contribution in [0.3, 0.4) is 0 Å². The third kappa shape index (κ3) is 2.66. The monoisotopic (exact) mass is 161 g/mol. The van der Waals surface area contributed by atoms with Gasteiger partial charge < -0.3 is 0 Å². The molecule has 2 heteroatoms. The highest BCUT2D eigenvalue weighted by Gasteiger charge is 2.01. The molecule has 12 heavy (non-hydrogen) atoms. The number of rotatable bonds is 4. The minimum absolute atomic E-state index is 0.0869. The molecule has 0 saturated heterocycles. The van der Waals surface area contributed by atoms with Gasteiger partial charge in [0.25, 0.3) is 0 Å². The first-order valence-corrected chi connectivity index (χ1v) is 3.73. The van der Waals surface area contributed by atoms with E-state index in [9.17, 15) is 9.59 Å². The van der Waals surface area contributed by atoms with E-state index >= 15 is 0 Å². The quantitative estimate of drug-likeness (QED) is 0.624. The summed E-state index contributed by atoms with van der Waals surface area (Å²) in [6.07, 6.45) is 1.82. The predicted molar refractivity (Wildman–Crippen MR) is 45.5 cm³/mol. The normalized spacial score (nSPS) is 9.33.